The fraction of sp³-hybridized carbons (Fsp3) is 1.00. The van der Waals surface area contributed by atoms with Gasteiger partial charge in [0.1, 0.15) is 0 Å². The maximum atomic E-state index is 11.8. The summed E-state index contributed by atoms with van der Waals surface area (Å²) in [6.45, 7) is -1.24. The van der Waals surface area contributed by atoms with E-state index in [1.54, 1.807) is 0 Å². The molecule has 0 N–H and O–H groups in total. The highest BCUT2D eigenvalue weighted by Crippen LogP contribution is 2.34. The first kappa shape index (κ1) is 10.6. The van der Waals surface area contributed by atoms with Gasteiger partial charge in [0.2, 0.25) is 0 Å². The summed E-state index contributed by atoms with van der Waals surface area (Å²) in [6, 6.07) is 0. The molecule has 0 aromatic carbocycles. The molecule has 0 aromatic rings. The minimum atomic E-state index is -5.40. The maximum Gasteiger partial charge on any atom is 0.467 e. The van der Waals surface area contributed by atoms with Crippen molar-refractivity contribution in [3.63, 3.8) is 0 Å². The molecule has 1 atom stereocenters. The van der Waals surface area contributed by atoms with E-state index in [4.69, 9.17) is 0 Å². The molecule has 1 aliphatic heterocycles. The van der Waals surface area contributed by atoms with Gasteiger partial charge in [0.25, 0.3) is 0 Å². The fourth-order valence-electron chi connectivity index (χ4n) is 0.728. The molecule has 1 heterocycles. The van der Waals surface area contributed by atoms with Gasteiger partial charge >= 0.3 is 12.6 Å². The molecular weight excluding hydrogens is 204 g/mol. The molecule has 1 saturated heterocycles. The summed E-state index contributed by atoms with van der Waals surface area (Å²) in [5, 5.41) is 0. The van der Waals surface area contributed by atoms with Crippen LogP contribution in [0, 0.1) is 0 Å². The van der Waals surface area contributed by atoms with Crippen molar-refractivity contribution in [1.82, 2.24) is 4.90 Å². The van der Waals surface area contributed by atoms with Crippen molar-refractivity contribution in [3.05, 3.63) is 0 Å². The van der Waals surface area contributed by atoms with Crippen LogP contribution in [0.25, 0.3) is 0 Å². The number of hydrogen-bond acceptors (Lipinski definition) is 2. The lowest BCUT2D eigenvalue weighted by Crippen LogP contribution is -2.49. The molecule has 0 saturated carbocycles. The summed E-state index contributed by atoms with van der Waals surface area (Å²) in [7, 11) is 0. The monoisotopic (exact) mass is 209 g/mol. The number of ether oxygens (including phenoxy) is 1. The fourth-order valence-corrected chi connectivity index (χ4v) is 0.728. The SMILES string of the molecule is FC(F)(F)N(CC1CO1)C(F)(F)F. The Labute approximate surface area is 69.1 Å². The molecule has 0 spiro atoms. The molecule has 1 aliphatic rings. The van der Waals surface area contributed by atoms with Gasteiger partial charge in [-0.15, -0.1) is 4.90 Å². The summed E-state index contributed by atoms with van der Waals surface area (Å²) in [5.41, 5.74) is 0. The van der Waals surface area contributed by atoms with E-state index < -0.39 is 30.1 Å². The van der Waals surface area contributed by atoms with E-state index in [2.05, 4.69) is 4.74 Å². The lowest BCUT2D eigenvalue weighted by molar-refractivity contribution is -0.373. The van der Waals surface area contributed by atoms with Gasteiger partial charge in [-0.2, -0.15) is 26.3 Å². The minimum absolute atomic E-state index is 0.0529. The predicted molar refractivity (Wildman–Crippen MR) is 28.6 cm³/mol. The van der Waals surface area contributed by atoms with Crippen LogP contribution in [0.1, 0.15) is 0 Å². The van der Waals surface area contributed by atoms with Crippen LogP contribution in [-0.4, -0.2) is 36.8 Å². The molecule has 78 valence electrons. The zero-order valence-electron chi connectivity index (χ0n) is 6.11. The second-order valence-corrected chi connectivity index (χ2v) is 2.50. The Morgan fingerprint density at radius 3 is 1.69 bits per heavy atom. The summed E-state index contributed by atoms with van der Waals surface area (Å²) in [6.07, 6.45) is -11.8. The van der Waals surface area contributed by atoms with Gasteiger partial charge in [-0.3, -0.25) is 0 Å². The van der Waals surface area contributed by atoms with E-state index in [1.165, 1.54) is 0 Å². The first-order valence-electron chi connectivity index (χ1n) is 3.24. The van der Waals surface area contributed by atoms with Crippen molar-refractivity contribution in [1.29, 1.82) is 0 Å². The van der Waals surface area contributed by atoms with Crippen molar-refractivity contribution in [2.45, 2.75) is 18.7 Å². The van der Waals surface area contributed by atoms with Crippen LogP contribution in [0.15, 0.2) is 0 Å². The van der Waals surface area contributed by atoms with Crippen molar-refractivity contribution in [2.75, 3.05) is 13.2 Å². The highest BCUT2D eigenvalue weighted by molar-refractivity contribution is 4.77. The Morgan fingerprint density at radius 2 is 1.46 bits per heavy atom. The van der Waals surface area contributed by atoms with Crippen molar-refractivity contribution in [2.24, 2.45) is 0 Å². The third-order valence-corrected chi connectivity index (χ3v) is 1.40. The van der Waals surface area contributed by atoms with Gasteiger partial charge in [-0.1, -0.05) is 0 Å². The summed E-state index contributed by atoms with van der Waals surface area (Å²) in [4.78, 5) is -1.49. The highest BCUT2D eigenvalue weighted by Gasteiger charge is 2.55. The zero-order valence-corrected chi connectivity index (χ0v) is 6.11. The Hall–Kier alpha value is -0.500. The number of hydrogen-bond donors (Lipinski definition) is 0. The minimum Gasteiger partial charge on any atom is -0.372 e. The standard InChI is InChI=1S/C5H5F6NO/c6-4(7,8)12(5(9,10)11)1-3-2-13-3/h3H,1-2H2. The normalized spacial score (nSPS) is 23.8. The molecule has 13 heavy (non-hydrogen) atoms. The van der Waals surface area contributed by atoms with Gasteiger partial charge in [0.05, 0.1) is 12.7 Å². The molecule has 8 heteroatoms. The van der Waals surface area contributed by atoms with E-state index in [0.29, 0.717) is 0 Å². The molecule has 0 aliphatic carbocycles. The number of nitrogens with zero attached hydrogens (tertiary/aromatic N) is 1. The average molecular weight is 209 g/mol. The molecule has 2 nitrogen and oxygen atoms in total. The van der Waals surface area contributed by atoms with E-state index >= 15 is 0 Å². The van der Waals surface area contributed by atoms with E-state index in [1.807, 2.05) is 0 Å². The van der Waals surface area contributed by atoms with Gasteiger partial charge in [-0.25, -0.2) is 0 Å². The molecule has 0 amide bonds. The topological polar surface area (TPSA) is 15.8 Å². The van der Waals surface area contributed by atoms with Crippen LogP contribution in [0.4, 0.5) is 26.3 Å². The number of halogens is 6. The molecule has 0 aromatic heterocycles. The van der Waals surface area contributed by atoms with E-state index in [9.17, 15) is 26.3 Å². The summed E-state index contributed by atoms with van der Waals surface area (Å²) < 4.78 is 74.8. The number of rotatable bonds is 2. The smallest absolute Gasteiger partial charge is 0.372 e. The first-order valence-corrected chi connectivity index (χ1v) is 3.24. The molecule has 1 unspecified atom stereocenters. The predicted octanol–water partition coefficient (Wildman–Crippen LogP) is 1.73. The number of alkyl halides is 6. The quantitative estimate of drug-likeness (QED) is 0.391. The van der Waals surface area contributed by atoms with Gasteiger partial charge < -0.3 is 4.74 Å². The van der Waals surface area contributed by atoms with E-state index in [0.717, 1.165) is 0 Å². The second kappa shape index (κ2) is 3.02. The lowest BCUT2D eigenvalue weighted by Gasteiger charge is -2.25. The maximum absolute atomic E-state index is 11.8. The molecule has 1 rings (SSSR count). The Balaban J connectivity index is 2.63. The molecule has 0 radical (unpaired) electrons. The zero-order chi connectivity index (χ0) is 10.3. The highest BCUT2D eigenvalue weighted by atomic mass is 19.4. The van der Waals surface area contributed by atoms with Crippen LogP contribution in [0.2, 0.25) is 0 Å². The third kappa shape index (κ3) is 3.03. The lowest BCUT2D eigenvalue weighted by atomic mass is 10.4. The van der Waals surface area contributed by atoms with Crippen LogP contribution in [0.5, 0.6) is 0 Å². The van der Waals surface area contributed by atoms with Crippen LogP contribution < -0.4 is 0 Å². The summed E-state index contributed by atoms with van der Waals surface area (Å²) >= 11 is 0. The first-order chi connectivity index (χ1) is 5.71. The van der Waals surface area contributed by atoms with Crippen molar-refractivity contribution >= 4 is 0 Å². The average Bonchev–Trinajstić information content (AvgIpc) is 2.58. The van der Waals surface area contributed by atoms with Crippen LogP contribution in [0.3, 0.4) is 0 Å². The molecule has 0 bridgehead atoms. The van der Waals surface area contributed by atoms with Crippen molar-refractivity contribution < 1.29 is 31.1 Å². The number of epoxide rings is 1. The van der Waals surface area contributed by atoms with Crippen LogP contribution >= 0.6 is 0 Å². The van der Waals surface area contributed by atoms with Gasteiger partial charge in [0, 0.05) is 6.54 Å². The largest absolute Gasteiger partial charge is 0.467 e. The Kier molecular flexibility index (Phi) is 2.46. The second-order valence-electron chi connectivity index (χ2n) is 2.50. The summed E-state index contributed by atoms with van der Waals surface area (Å²) in [5.74, 6) is 0. The third-order valence-electron chi connectivity index (χ3n) is 1.40. The Bertz CT molecular complexity index is 168. The van der Waals surface area contributed by atoms with Gasteiger partial charge in [0.15, 0.2) is 0 Å². The Morgan fingerprint density at radius 1 is 1.08 bits per heavy atom. The van der Waals surface area contributed by atoms with E-state index in [-0.39, 0.29) is 6.61 Å². The van der Waals surface area contributed by atoms with Crippen LogP contribution in [-0.2, 0) is 4.74 Å². The molecular formula is C5H5F6NO. The van der Waals surface area contributed by atoms with Crippen molar-refractivity contribution in [3.8, 4) is 0 Å². The van der Waals surface area contributed by atoms with Gasteiger partial charge in [-0.05, 0) is 0 Å². The molecule has 1 fully saturated rings.